The van der Waals surface area contributed by atoms with Crippen molar-refractivity contribution in [3.8, 4) is 5.88 Å². The van der Waals surface area contributed by atoms with Crippen LogP contribution in [0.15, 0.2) is 17.4 Å². The number of rotatable bonds is 3. The number of hydrogen-bond donors (Lipinski definition) is 7. The van der Waals surface area contributed by atoms with Gasteiger partial charge in [0.05, 0.1) is 25.7 Å². The molecule has 1 amide bonds. The van der Waals surface area contributed by atoms with Gasteiger partial charge in [-0.2, -0.15) is 0 Å². The second kappa shape index (κ2) is 11.3. The lowest BCUT2D eigenvalue weighted by Gasteiger charge is -2.39. The molecular weight excluding hydrogens is 606 g/mol. The molecular formula is C20H30N8O12P2. The molecule has 5 unspecified atom stereocenters. The highest BCUT2D eigenvalue weighted by Gasteiger charge is 2.55. The van der Waals surface area contributed by atoms with Crippen molar-refractivity contribution < 1.29 is 56.4 Å². The molecule has 1 saturated carbocycles. The van der Waals surface area contributed by atoms with Gasteiger partial charge in [-0.15, -0.1) is 0 Å². The summed E-state index contributed by atoms with van der Waals surface area (Å²) in [5.41, 5.74) is 11.5. The number of carbonyl (C=O) groups excluding carboxylic acids is 1. The summed E-state index contributed by atoms with van der Waals surface area (Å²) in [7, 11) is -9.65. The molecule has 232 valence electrons. The van der Waals surface area contributed by atoms with E-state index in [1.165, 1.54) is 23.6 Å². The third kappa shape index (κ3) is 6.17. The first-order valence-corrected chi connectivity index (χ1v) is 15.9. The first kappa shape index (κ1) is 29.7. The number of nitrogens with one attached hydrogen (secondary N) is 2. The molecule has 5 heterocycles. The summed E-state index contributed by atoms with van der Waals surface area (Å²) in [6.07, 6.45) is -6.51. The molecule has 5 aliphatic rings. The number of nitrogens with zero attached hydrogens (tertiary/aromatic N) is 4. The Hall–Kier alpha value is -2.32. The van der Waals surface area contributed by atoms with Crippen LogP contribution in [0.1, 0.15) is 12.8 Å². The van der Waals surface area contributed by atoms with E-state index in [9.17, 15) is 28.8 Å². The SMILES string of the molecule is Nc1cc(O[C@@H]2C[C@@H]3COP(=O)(O)O[C@@H]4[C@H](O)[C@@H](COP(=O)(O)O[C@H]3C2)O[C@H]4N2C=NC3C(=O)NC(N)NC32)ncn1. The summed E-state index contributed by atoms with van der Waals surface area (Å²) in [6, 6.07) is 0.457. The Bertz CT molecular complexity index is 1330. The molecule has 9 N–H and O–H groups in total. The van der Waals surface area contributed by atoms with Crippen molar-refractivity contribution >= 4 is 33.7 Å². The van der Waals surface area contributed by atoms with Crippen LogP contribution in [0.4, 0.5) is 5.82 Å². The van der Waals surface area contributed by atoms with Crippen LogP contribution >= 0.6 is 15.6 Å². The van der Waals surface area contributed by atoms with Gasteiger partial charge >= 0.3 is 15.6 Å². The number of ether oxygens (including phenoxy) is 2. The maximum absolute atomic E-state index is 13.1. The molecule has 1 aromatic rings. The number of aliphatic hydroxyl groups excluding tert-OH is 1. The van der Waals surface area contributed by atoms with E-state index in [0.29, 0.717) is 0 Å². The lowest BCUT2D eigenvalue weighted by molar-refractivity contribution is -0.130. The molecule has 22 heteroatoms. The maximum atomic E-state index is 13.1. The van der Waals surface area contributed by atoms with Crippen LogP contribution in [-0.4, -0.2) is 110 Å². The van der Waals surface area contributed by atoms with Crippen LogP contribution < -0.4 is 26.8 Å². The van der Waals surface area contributed by atoms with Gasteiger partial charge in [0.2, 0.25) is 5.88 Å². The van der Waals surface area contributed by atoms with Crippen LogP contribution in [0.25, 0.3) is 0 Å². The topological polar surface area (TPSA) is 285 Å². The molecule has 4 aliphatic heterocycles. The van der Waals surface area contributed by atoms with Gasteiger partial charge in [-0.05, 0) is 6.42 Å². The lowest BCUT2D eigenvalue weighted by Crippen LogP contribution is -2.70. The molecule has 1 aromatic heterocycles. The number of aliphatic imine (C=N–C) groups is 1. The Balaban J connectivity index is 1.21. The Labute approximate surface area is 237 Å². The second-order valence-corrected chi connectivity index (χ2v) is 13.1. The molecule has 0 aromatic carbocycles. The lowest BCUT2D eigenvalue weighted by atomic mass is 10.1. The highest BCUT2D eigenvalue weighted by molar-refractivity contribution is 7.47. The number of aliphatic hydroxyl groups is 1. The fraction of sp³-hybridized carbons (Fsp3) is 0.700. The Morgan fingerprint density at radius 3 is 2.64 bits per heavy atom. The van der Waals surface area contributed by atoms with Crippen LogP contribution in [0.2, 0.25) is 0 Å². The number of carbonyl (C=O) groups is 1. The predicted octanol–water partition coefficient (Wildman–Crippen LogP) is -2.68. The monoisotopic (exact) mass is 636 g/mol. The summed E-state index contributed by atoms with van der Waals surface area (Å²) in [5.74, 6) is -0.858. The van der Waals surface area contributed by atoms with Crippen molar-refractivity contribution in [2.45, 2.75) is 68.1 Å². The average molecular weight is 636 g/mol. The summed E-state index contributed by atoms with van der Waals surface area (Å²) in [4.78, 5) is 46.8. The zero-order chi connectivity index (χ0) is 29.8. The fourth-order valence-electron chi connectivity index (χ4n) is 5.52. The number of amides is 1. The Morgan fingerprint density at radius 2 is 1.86 bits per heavy atom. The minimum absolute atomic E-state index is 0.0786. The molecule has 42 heavy (non-hydrogen) atoms. The average Bonchev–Trinajstić information content (AvgIpc) is 3.57. The molecule has 2 bridgehead atoms. The zero-order valence-corrected chi connectivity index (χ0v) is 23.5. The highest BCUT2D eigenvalue weighted by atomic mass is 31.2. The van der Waals surface area contributed by atoms with Gasteiger partial charge in [0, 0.05) is 18.4 Å². The van der Waals surface area contributed by atoms with E-state index in [1.807, 2.05) is 0 Å². The maximum Gasteiger partial charge on any atom is 0.472 e. The van der Waals surface area contributed by atoms with E-state index in [2.05, 4.69) is 25.6 Å². The molecule has 4 fully saturated rings. The van der Waals surface area contributed by atoms with Crippen molar-refractivity contribution in [2.75, 3.05) is 18.9 Å². The van der Waals surface area contributed by atoms with E-state index in [1.54, 1.807) is 0 Å². The number of hydrogen-bond acceptors (Lipinski definition) is 17. The molecule has 0 spiro atoms. The van der Waals surface area contributed by atoms with E-state index in [4.69, 9.17) is 39.0 Å². The minimum Gasteiger partial charge on any atom is -0.474 e. The quantitative estimate of drug-likeness (QED) is 0.166. The van der Waals surface area contributed by atoms with E-state index in [0.717, 1.165) is 0 Å². The van der Waals surface area contributed by atoms with Gasteiger partial charge in [0.1, 0.15) is 49.0 Å². The van der Waals surface area contributed by atoms with Crippen molar-refractivity contribution in [3.05, 3.63) is 12.4 Å². The molecule has 6 rings (SSSR count). The number of aromatic nitrogens is 2. The summed E-state index contributed by atoms with van der Waals surface area (Å²) < 4.78 is 59.0. The van der Waals surface area contributed by atoms with Crippen molar-refractivity contribution in [2.24, 2.45) is 16.6 Å². The van der Waals surface area contributed by atoms with Crippen LogP contribution in [0.3, 0.4) is 0 Å². The Kier molecular flexibility index (Phi) is 8.01. The van der Waals surface area contributed by atoms with E-state index < -0.39 is 95.9 Å². The molecule has 3 saturated heterocycles. The zero-order valence-electron chi connectivity index (χ0n) is 21.7. The smallest absolute Gasteiger partial charge is 0.472 e. The second-order valence-electron chi connectivity index (χ2n) is 10.3. The molecule has 0 radical (unpaired) electrons. The summed E-state index contributed by atoms with van der Waals surface area (Å²) >= 11 is 0. The Morgan fingerprint density at radius 1 is 1.10 bits per heavy atom. The van der Waals surface area contributed by atoms with E-state index in [-0.39, 0.29) is 24.5 Å². The normalized spacial score (nSPS) is 45.7. The minimum atomic E-state index is -4.89. The number of phosphoric ester groups is 2. The van der Waals surface area contributed by atoms with Crippen molar-refractivity contribution in [1.29, 1.82) is 0 Å². The van der Waals surface area contributed by atoms with Gasteiger partial charge < -0.3 is 40.3 Å². The van der Waals surface area contributed by atoms with Gasteiger partial charge in [0.25, 0.3) is 5.91 Å². The van der Waals surface area contributed by atoms with E-state index >= 15 is 0 Å². The van der Waals surface area contributed by atoms with Crippen molar-refractivity contribution in [1.82, 2.24) is 25.5 Å². The predicted molar refractivity (Wildman–Crippen MR) is 137 cm³/mol. The molecule has 20 nitrogen and oxygen atoms in total. The summed E-state index contributed by atoms with van der Waals surface area (Å²) in [6.45, 7) is -1.11. The number of phosphoric acid groups is 2. The summed E-state index contributed by atoms with van der Waals surface area (Å²) in [5, 5.41) is 16.4. The number of fused-ring (bicyclic) bond motifs is 4. The van der Waals surface area contributed by atoms with Gasteiger partial charge in [-0.25, -0.2) is 19.1 Å². The number of nitrogen functional groups attached to an aromatic ring is 1. The first-order valence-electron chi connectivity index (χ1n) is 12.9. The van der Waals surface area contributed by atoms with Crippen LogP contribution in [0.5, 0.6) is 5.88 Å². The first-order chi connectivity index (χ1) is 19.9. The molecule has 12 atom stereocenters. The third-order valence-corrected chi connectivity index (χ3v) is 9.42. The highest BCUT2D eigenvalue weighted by Crippen LogP contribution is 2.53. The van der Waals surface area contributed by atoms with Gasteiger partial charge in [0.15, 0.2) is 12.3 Å². The number of nitrogens with two attached hydrogens (primary N) is 2. The number of anilines is 1. The fourth-order valence-corrected chi connectivity index (χ4v) is 7.49. The standard InChI is InChI=1S/C20H30N8O12P2/c21-12-3-13(24-6-23-12)37-9-1-8-4-35-42(33,34)40-16-15(29)11(5-36-41(31,32)39-10(8)2-9)38-19(16)28-7-25-14-17(28)26-20(22)27-18(14)30/h3,6-11,14-17,19-20,26,29H,1-2,4-5,22H2,(H,27,30)(H,31,32)(H,33,34)(H2,21,23,24)/t8-,9-,10+,11-,14?,15-,16-,17?,19-,20?/m1/s1. The third-order valence-electron chi connectivity index (χ3n) is 7.42. The van der Waals surface area contributed by atoms with Crippen molar-refractivity contribution in [3.63, 3.8) is 0 Å². The largest absolute Gasteiger partial charge is 0.474 e. The van der Waals surface area contributed by atoms with Crippen LogP contribution in [0, 0.1) is 5.92 Å². The van der Waals surface area contributed by atoms with Gasteiger partial charge in [-0.1, -0.05) is 0 Å². The van der Waals surface area contributed by atoms with Gasteiger partial charge in [-0.3, -0.25) is 38.9 Å². The van der Waals surface area contributed by atoms with Crippen LogP contribution in [-0.2, 0) is 36.8 Å². The molecule has 1 aliphatic carbocycles.